The second kappa shape index (κ2) is 8.68. The van der Waals surface area contributed by atoms with Gasteiger partial charge in [0.25, 0.3) is 11.5 Å². The SMILES string of the molecule is CN(C)c1ncc(C(=O)Nc2ccc(OC(F)(F)Cl)cc2)cc1-c1cc(=O)n(C)cn1. The van der Waals surface area contributed by atoms with Crippen LogP contribution in [-0.2, 0) is 7.05 Å². The molecule has 0 saturated carbocycles. The number of pyridine rings is 1. The molecule has 0 bridgehead atoms. The van der Waals surface area contributed by atoms with E-state index < -0.39 is 11.5 Å². The summed E-state index contributed by atoms with van der Waals surface area (Å²) in [6.07, 6.45) is 2.78. The molecule has 31 heavy (non-hydrogen) atoms. The first kappa shape index (κ1) is 22.2. The number of benzene rings is 1. The number of hydrogen-bond donors (Lipinski definition) is 1. The third-order valence-electron chi connectivity index (χ3n) is 4.15. The molecule has 0 saturated heterocycles. The third-order valence-corrected chi connectivity index (χ3v) is 4.23. The maximum absolute atomic E-state index is 12.7. The van der Waals surface area contributed by atoms with Crippen molar-refractivity contribution in [1.29, 1.82) is 0 Å². The number of aromatic nitrogens is 3. The zero-order valence-electron chi connectivity index (χ0n) is 16.8. The van der Waals surface area contributed by atoms with E-state index in [1.807, 2.05) is 0 Å². The van der Waals surface area contributed by atoms with Crippen molar-refractivity contribution >= 4 is 29.0 Å². The fourth-order valence-electron chi connectivity index (χ4n) is 2.68. The van der Waals surface area contributed by atoms with Crippen molar-refractivity contribution < 1.29 is 18.3 Å². The number of aryl methyl sites for hydroxylation is 1. The zero-order valence-corrected chi connectivity index (χ0v) is 17.5. The van der Waals surface area contributed by atoms with E-state index in [1.165, 1.54) is 47.4 Å². The van der Waals surface area contributed by atoms with Crippen molar-refractivity contribution in [3.05, 3.63) is 64.8 Å². The van der Waals surface area contributed by atoms with Gasteiger partial charge in [0.05, 0.1) is 17.6 Å². The van der Waals surface area contributed by atoms with Crippen molar-refractivity contribution in [3.8, 4) is 17.0 Å². The topological polar surface area (TPSA) is 89.4 Å². The van der Waals surface area contributed by atoms with Crippen LogP contribution >= 0.6 is 11.6 Å². The smallest absolute Gasteiger partial charge is 0.420 e. The van der Waals surface area contributed by atoms with Crippen molar-refractivity contribution in [2.45, 2.75) is 5.57 Å². The van der Waals surface area contributed by atoms with E-state index in [0.29, 0.717) is 22.8 Å². The predicted octanol–water partition coefficient (Wildman–Crippen LogP) is 3.33. The number of halogens is 3. The Balaban J connectivity index is 1.88. The van der Waals surface area contributed by atoms with Crippen molar-refractivity contribution in [1.82, 2.24) is 14.5 Å². The highest BCUT2D eigenvalue weighted by Gasteiger charge is 2.27. The van der Waals surface area contributed by atoms with E-state index in [-0.39, 0.29) is 16.9 Å². The van der Waals surface area contributed by atoms with Crippen LogP contribution in [0.3, 0.4) is 0 Å². The van der Waals surface area contributed by atoms with Gasteiger partial charge in [0.15, 0.2) is 0 Å². The van der Waals surface area contributed by atoms with Crippen LogP contribution in [0, 0.1) is 0 Å². The zero-order chi connectivity index (χ0) is 22.8. The first-order chi connectivity index (χ1) is 14.5. The average molecular weight is 450 g/mol. The number of carbonyl (C=O) groups is 1. The van der Waals surface area contributed by atoms with Crippen LogP contribution in [0.25, 0.3) is 11.3 Å². The van der Waals surface area contributed by atoms with Gasteiger partial charge in [-0.3, -0.25) is 9.59 Å². The lowest BCUT2D eigenvalue weighted by Crippen LogP contribution is -2.18. The molecule has 0 aliphatic heterocycles. The molecule has 0 radical (unpaired) electrons. The summed E-state index contributed by atoms with van der Waals surface area (Å²) in [5.74, 6) is -0.117. The molecule has 0 fully saturated rings. The Morgan fingerprint density at radius 2 is 1.87 bits per heavy atom. The standard InChI is InChI=1S/C20H18ClF2N5O3/c1-27(2)18-15(16-9-17(29)28(3)11-25-16)8-12(10-24-18)19(30)26-13-4-6-14(7-5-13)31-20(21,22)23/h4-11H,1-3H3,(H,26,30). The largest absolute Gasteiger partial charge is 0.487 e. The fraction of sp³-hybridized carbons (Fsp3) is 0.200. The van der Waals surface area contributed by atoms with Gasteiger partial charge in [-0.05, 0) is 30.3 Å². The molecular weight excluding hydrogens is 432 g/mol. The van der Waals surface area contributed by atoms with Crippen molar-refractivity contribution in [3.63, 3.8) is 0 Å². The van der Waals surface area contributed by atoms with E-state index >= 15 is 0 Å². The first-order valence-corrected chi connectivity index (χ1v) is 9.29. The minimum absolute atomic E-state index is 0.158. The summed E-state index contributed by atoms with van der Waals surface area (Å²) in [5.41, 5.74) is -2.64. The Bertz CT molecular complexity index is 1160. The Morgan fingerprint density at radius 1 is 1.19 bits per heavy atom. The molecule has 0 atom stereocenters. The number of nitrogens with one attached hydrogen (secondary N) is 1. The van der Waals surface area contributed by atoms with Gasteiger partial charge in [-0.2, -0.15) is 0 Å². The lowest BCUT2D eigenvalue weighted by Gasteiger charge is -2.17. The summed E-state index contributed by atoms with van der Waals surface area (Å²) in [6, 6.07) is 8.20. The summed E-state index contributed by atoms with van der Waals surface area (Å²) < 4.78 is 30.9. The normalized spacial score (nSPS) is 11.2. The maximum Gasteiger partial charge on any atom is 0.487 e. The second-order valence-corrected chi connectivity index (χ2v) is 7.18. The lowest BCUT2D eigenvalue weighted by atomic mass is 10.1. The molecule has 3 rings (SSSR count). The Labute approximate surface area is 181 Å². The van der Waals surface area contributed by atoms with Gasteiger partial charge in [0.2, 0.25) is 0 Å². The van der Waals surface area contributed by atoms with Crippen molar-refractivity contribution in [2.75, 3.05) is 24.3 Å². The molecule has 2 aromatic heterocycles. The fourth-order valence-corrected chi connectivity index (χ4v) is 2.77. The number of rotatable bonds is 6. The quantitative estimate of drug-likeness (QED) is 0.581. The van der Waals surface area contributed by atoms with Gasteiger partial charge in [0, 0.05) is 56.3 Å². The summed E-state index contributed by atoms with van der Waals surface area (Å²) in [5, 5.41) is 2.64. The number of nitrogens with zero attached hydrogens (tertiary/aromatic N) is 4. The molecule has 0 aliphatic carbocycles. The van der Waals surface area contributed by atoms with E-state index in [0.717, 1.165) is 0 Å². The molecule has 0 spiro atoms. The number of hydrogen-bond acceptors (Lipinski definition) is 6. The highest BCUT2D eigenvalue weighted by atomic mass is 35.5. The van der Waals surface area contributed by atoms with E-state index in [2.05, 4.69) is 20.0 Å². The van der Waals surface area contributed by atoms with Crippen LogP contribution in [0.15, 0.2) is 53.7 Å². The van der Waals surface area contributed by atoms with Crippen molar-refractivity contribution in [2.24, 2.45) is 7.05 Å². The second-order valence-electron chi connectivity index (χ2n) is 6.74. The minimum Gasteiger partial charge on any atom is -0.420 e. The molecule has 1 amide bonds. The summed E-state index contributed by atoms with van der Waals surface area (Å²) in [6.45, 7) is 0. The summed E-state index contributed by atoms with van der Waals surface area (Å²) in [7, 11) is 5.14. The molecular formula is C20H18ClF2N5O3. The Kier molecular flexibility index (Phi) is 6.21. The molecule has 0 unspecified atom stereocenters. The van der Waals surface area contributed by atoms with Crippen LogP contribution in [0.4, 0.5) is 20.3 Å². The highest BCUT2D eigenvalue weighted by molar-refractivity contribution is 6.20. The Hall–Kier alpha value is -3.53. The number of anilines is 2. The Morgan fingerprint density at radius 3 is 2.45 bits per heavy atom. The predicted molar refractivity (Wildman–Crippen MR) is 113 cm³/mol. The summed E-state index contributed by atoms with van der Waals surface area (Å²) >= 11 is 4.73. The molecule has 1 N–H and O–H groups in total. The number of carbonyl (C=O) groups excluding carboxylic acids is 1. The van der Waals surface area contributed by atoms with E-state index in [9.17, 15) is 18.4 Å². The van der Waals surface area contributed by atoms with E-state index in [1.54, 1.807) is 32.1 Å². The number of ether oxygens (including phenoxy) is 1. The maximum atomic E-state index is 12.7. The molecule has 2 heterocycles. The molecule has 1 aromatic carbocycles. The van der Waals surface area contributed by atoms with Gasteiger partial charge in [-0.15, -0.1) is 8.78 Å². The van der Waals surface area contributed by atoms with Crippen LogP contribution < -0.4 is 20.5 Å². The first-order valence-electron chi connectivity index (χ1n) is 8.91. The van der Waals surface area contributed by atoms with Gasteiger partial charge >= 0.3 is 5.57 Å². The van der Waals surface area contributed by atoms with Gasteiger partial charge in [0.1, 0.15) is 11.6 Å². The summed E-state index contributed by atoms with van der Waals surface area (Å²) in [4.78, 5) is 35.0. The van der Waals surface area contributed by atoms with Crippen LogP contribution in [0.1, 0.15) is 10.4 Å². The van der Waals surface area contributed by atoms with Gasteiger partial charge in [-0.25, -0.2) is 9.97 Å². The van der Waals surface area contributed by atoms with Crippen LogP contribution in [-0.4, -0.2) is 40.1 Å². The molecule has 3 aromatic rings. The monoisotopic (exact) mass is 449 g/mol. The molecule has 8 nitrogen and oxygen atoms in total. The molecule has 162 valence electrons. The number of alkyl halides is 3. The third kappa shape index (κ3) is 5.54. The van der Waals surface area contributed by atoms with E-state index in [4.69, 9.17) is 11.6 Å². The van der Waals surface area contributed by atoms with Gasteiger partial charge < -0.3 is 19.5 Å². The molecule has 0 aliphatic rings. The lowest BCUT2D eigenvalue weighted by molar-refractivity contribution is -0.0964. The molecule has 11 heteroatoms. The highest BCUT2D eigenvalue weighted by Crippen LogP contribution is 2.28. The van der Waals surface area contributed by atoms with Gasteiger partial charge in [-0.1, -0.05) is 0 Å². The minimum atomic E-state index is -3.83. The average Bonchev–Trinajstić information content (AvgIpc) is 2.70. The van der Waals surface area contributed by atoms with Crippen LogP contribution in [0.5, 0.6) is 5.75 Å². The van der Waals surface area contributed by atoms with Crippen LogP contribution in [0.2, 0.25) is 0 Å². The number of amides is 1.